The Bertz CT molecular complexity index is 643. The normalized spacial score (nSPS) is 10.1. The van der Waals surface area contributed by atoms with E-state index >= 15 is 0 Å². The topological polar surface area (TPSA) is 139 Å². The van der Waals surface area contributed by atoms with Gasteiger partial charge >= 0.3 is 5.97 Å². The van der Waals surface area contributed by atoms with Crippen molar-refractivity contribution in [1.29, 1.82) is 0 Å². The molecule has 0 aliphatic heterocycles. The Balaban J connectivity index is 2.73. The number of hydrogen-bond acceptors (Lipinski definition) is 5. The molecule has 0 fully saturated rings. The number of halogens is 1. The van der Waals surface area contributed by atoms with E-state index in [9.17, 15) is 24.5 Å². The lowest BCUT2D eigenvalue weighted by atomic mass is 10.2. The molecule has 0 aromatic heterocycles. The zero-order chi connectivity index (χ0) is 16.0. The summed E-state index contributed by atoms with van der Waals surface area (Å²) in [6, 6.07) is 3.33. The summed E-state index contributed by atoms with van der Waals surface area (Å²) in [4.78, 5) is 42.8. The third-order valence-corrected chi connectivity index (χ3v) is 2.40. The molecule has 3 N–H and O–H groups in total. The van der Waals surface area contributed by atoms with E-state index in [0.29, 0.717) is 12.2 Å². The molecule has 1 aromatic rings. The number of hydrazine groups is 1. The fourth-order valence-electron chi connectivity index (χ4n) is 1.17. The summed E-state index contributed by atoms with van der Waals surface area (Å²) in [6.07, 6.45) is 1.27. The highest BCUT2D eigenvalue weighted by Crippen LogP contribution is 2.24. The Morgan fingerprint density at radius 2 is 1.90 bits per heavy atom. The van der Waals surface area contributed by atoms with E-state index in [-0.39, 0.29) is 10.6 Å². The summed E-state index contributed by atoms with van der Waals surface area (Å²) in [6.45, 7) is 0. The van der Waals surface area contributed by atoms with Crippen LogP contribution in [0.1, 0.15) is 10.4 Å². The van der Waals surface area contributed by atoms with Gasteiger partial charge in [0.1, 0.15) is 5.02 Å². The van der Waals surface area contributed by atoms with Gasteiger partial charge in [-0.1, -0.05) is 11.6 Å². The van der Waals surface area contributed by atoms with E-state index in [1.54, 1.807) is 0 Å². The van der Waals surface area contributed by atoms with Crippen molar-refractivity contribution in [3.8, 4) is 0 Å². The van der Waals surface area contributed by atoms with Gasteiger partial charge in [0.25, 0.3) is 17.5 Å². The largest absolute Gasteiger partial charge is 0.478 e. The van der Waals surface area contributed by atoms with Crippen molar-refractivity contribution >= 4 is 35.1 Å². The van der Waals surface area contributed by atoms with Crippen molar-refractivity contribution in [2.45, 2.75) is 0 Å². The Kier molecular flexibility index (Phi) is 5.38. The van der Waals surface area contributed by atoms with Crippen LogP contribution in [0.15, 0.2) is 30.4 Å². The molecule has 0 saturated heterocycles. The number of nitrogens with zero attached hydrogens (tertiary/aromatic N) is 1. The molecule has 9 nitrogen and oxygen atoms in total. The molecule has 0 spiro atoms. The van der Waals surface area contributed by atoms with Crippen molar-refractivity contribution in [3.63, 3.8) is 0 Å². The maximum Gasteiger partial charge on any atom is 0.328 e. The molecule has 0 saturated carbocycles. The molecule has 0 atom stereocenters. The van der Waals surface area contributed by atoms with Gasteiger partial charge in [0.15, 0.2) is 0 Å². The molecule has 0 unspecified atom stereocenters. The number of aliphatic carboxylic acids is 1. The van der Waals surface area contributed by atoms with Gasteiger partial charge in [-0.25, -0.2) is 4.79 Å². The van der Waals surface area contributed by atoms with Crippen LogP contribution in [0.5, 0.6) is 0 Å². The Morgan fingerprint density at radius 3 is 2.48 bits per heavy atom. The number of carboxylic acids is 1. The second-order valence-corrected chi connectivity index (χ2v) is 3.95. The number of carbonyl (C=O) groups excluding carboxylic acids is 2. The fourth-order valence-corrected chi connectivity index (χ4v) is 1.36. The van der Waals surface area contributed by atoms with Gasteiger partial charge in [0.05, 0.1) is 4.92 Å². The predicted molar refractivity (Wildman–Crippen MR) is 70.5 cm³/mol. The standard InChI is InChI=1S/C11H8ClN3O6/c12-7-2-1-6(5-8(7)15(20)21)11(19)14-13-9(16)3-4-10(17)18/h1-5H,(H,13,16)(H,14,19)(H,17,18)/b4-3+. The van der Waals surface area contributed by atoms with Crippen LogP contribution in [0, 0.1) is 10.1 Å². The maximum atomic E-state index is 11.6. The highest BCUT2D eigenvalue weighted by atomic mass is 35.5. The number of hydrogen-bond donors (Lipinski definition) is 3. The van der Waals surface area contributed by atoms with Crippen molar-refractivity contribution in [3.05, 3.63) is 51.1 Å². The van der Waals surface area contributed by atoms with Gasteiger partial charge in [0, 0.05) is 23.8 Å². The lowest BCUT2D eigenvalue weighted by molar-refractivity contribution is -0.384. The predicted octanol–water partition coefficient (Wildman–Crippen LogP) is 0.650. The monoisotopic (exact) mass is 313 g/mol. The molecule has 0 bridgehead atoms. The average molecular weight is 314 g/mol. The number of nitro benzene ring substituents is 1. The second-order valence-electron chi connectivity index (χ2n) is 3.54. The number of amides is 2. The van der Waals surface area contributed by atoms with Crippen LogP contribution in [0.25, 0.3) is 0 Å². The van der Waals surface area contributed by atoms with Crippen molar-refractivity contribution in [2.24, 2.45) is 0 Å². The number of carbonyl (C=O) groups is 3. The molecular formula is C11H8ClN3O6. The minimum Gasteiger partial charge on any atom is -0.478 e. The van der Waals surface area contributed by atoms with Crippen LogP contribution in [-0.4, -0.2) is 27.8 Å². The van der Waals surface area contributed by atoms with Crippen molar-refractivity contribution in [1.82, 2.24) is 10.9 Å². The minimum absolute atomic E-state index is 0.103. The van der Waals surface area contributed by atoms with E-state index < -0.39 is 28.4 Å². The van der Waals surface area contributed by atoms with Crippen LogP contribution in [-0.2, 0) is 9.59 Å². The Morgan fingerprint density at radius 1 is 1.24 bits per heavy atom. The third-order valence-electron chi connectivity index (χ3n) is 2.08. The number of nitro groups is 1. The summed E-state index contributed by atoms with van der Waals surface area (Å²) in [5.41, 5.74) is 3.31. The highest BCUT2D eigenvalue weighted by molar-refractivity contribution is 6.32. The van der Waals surface area contributed by atoms with Crippen molar-refractivity contribution < 1.29 is 24.4 Å². The van der Waals surface area contributed by atoms with Gasteiger partial charge in [-0.15, -0.1) is 0 Å². The fraction of sp³-hybridized carbons (Fsp3) is 0. The first-order valence-electron chi connectivity index (χ1n) is 5.26. The summed E-state index contributed by atoms with van der Waals surface area (Å²) in [5.74, 6) is -3.04. The average Bonchev–Trinajstić information content (AvgIpc) is 2.42. The first-order chi connectivity index (χ1) is 9.81. The molecule has 21 heavy (non-hydrogen) atoms. The molecule has 110 valence electrons. The van der Waals surface area contributed by atoms with Crippen LogP contribution >= 0.6 is 11.6 Å². The molecule has 0 aliphatic rings. The number of rotatable bonds is 4. The molecule has 0 radical (unpaired) electrons. The SMILES string of the molecule is O=C(O)/C=C/C(=O)NNC(=O)c1ccc(Cl)c([N+](=O)[O-])c1. The minimum atomic E-state index is -1.33. The van der Waals surface area contributed by atoms with Gasteiger partial charge in [-0.05, 0) is 12.1 Å². The van der Waals surface area contributed by atoms with E-state index in [1.807, 2.05) is 10.9 Å². The molecule has 10 heteroatoms. The van der Waals surface area contributed by atoms with E-state index in [2.05, 4.69) is 0 Å². The second kappa shape index (κ2) is 7.01. The maximum absolute atomic E-state index is 11.6. The summed E-state index contributed by atoms with van der Waals surface area (Å²) >= 11 is 5.59. The van der Waals surface area contributed by atoms with E-state index in [4.69, 9.17) is 16.7 Å². The first-order valence-corrected chi connectivity index (χ1v) is 5.64. The smallest absolute Gasteiger partial charge is 0.328 e. The quantitative estimate of drug-likeness (QED) is 0.423. The van der Waals surface area contributed by atoms with Gasteiger partial charge in [0.2, 0.25) is 0 Å². The van der Waals surface area contributed by atoms with Gasteiger partial charge in [-0.2, -0.15) is 0 Å². The van der Waals surface area contributed by atoms with Gasteiger partial charge in [-0.3, -0.25) is 30.6 Å². The molecule has 2 amide bonds. The molecule has 1 aromatic carbocycles. The van der Waals surface area contributed by atoms with Crippen LogP contribution < -0.4 is 10.9 Å². The number of carboxylic acid groups (broad SMARTS) is 1. The lowest BCUT2D eigenvalue weighted by Gasteiger charge is -2.05. The third kappa shape index (κ3) is 4.91. The summed E-state index contributed by atoms with van der Waals surface area (Å²) < 4.78 is 0. The van der Waals surface area contributed by atoms with Crippen LogP contribution in [0.4, 0.5) is 5.69 Å². The summed E-state index contributed by atoms with van der Waals surface area (Å²) in [5, 5.41) is 18.8. The zero-order valence-corrected chi connectivity index (χ0v) is 11.0. The Hall–Kier alpha value is -2.94. The number of benzene rings is 1. The molecular weight excluding hydrogens is 306 g/mol. The lowest BCUT2D eigenvalue weighted by Crippen LogP contribution is -2.40. The molecule has 1 rings (SSSR count). The summed E-state index contributed by atoms with van der Waals surface area (Å²) in [7, 11) is 0. The molecule has 0 aliphatic carbocycles. The highest BCUT2D eigenvalue weighted by Gasteiger charge is 2.16. The van der Waals surface area contributed by atoms with Crippen molar-refractivity contribution in [2.75, 3.05) is 0 Å². The first kappa shape index (κ1) is 16.1. The van der Waals surface area contributed by atoms with Gasteiger partial charge < -0.3 is 5.11 Å². The Labute approximate surface area is 122 Å². The molecule has 0 heterocycles. The zero-order valence-electron chi connectivity index (χ0n) is 10.2. The van der Waals surface area contributed by atoms with E-state index in [0.717, 1.165) is 6.07 Å². The van der Waals surface area contributed by atoms with Crippen LogP contribution in [0.3, 0.4) is 0 Å². The number of nitrogens with one attached hydrogen (secondary N) is 2. The van der Waals surface area contributed by atoms with E-state index in [1.165, 1.54) is 12.1 Å². The van der Waals surface area contributed by atoms with Crippen LogP contribution in [0.2, 0.25) is 5.02 Å².